The summed E-state index contributed by atoms with van der Waals surface area (Å²) in [7, 11) is 0. The van der Waals surface area contributed by atoms with Crippen molar-refractivity contribution in [3.63, 3.8) is 0 Å². The molecule has 2 atom stereocenters. The van der Waals surface area contributed by atoms with Crippen molar-refractivity contribution in [2.24, 2.45) is 0 Å². The molecular weight excluding hydrogens is 350 g/mol. The number of carbonyl (C=O) groups excluding carboxylic acids is 1. The van der Waals surface area contributed by atoms with Crippen molar-refractivity contribution in [1.82, 2.24) is 5.32 Å². The van der Waals surface area contributed by atoms with E-state index in [0.717, 1.165) is 51.1 Å². The molecular formula is C23H30N3O2+. The number of amides is 1. The number of nitrogens with one attached hydrogen (secondary N) is 2. The van der Waals surface area contributed by atoms with Crippen LogP contribution in [0.5, 0.6) is 5.75 Å². The van der Waals surface area contributed by atoms with Gasteiger partial charge < -0.3 is 20.2 Å². The average molecular weight is 381 g/mol. The van der Waals surface area contributed by atoms with E-state index in [9.17, 15) is 9.90 Å². The Hall–Kier alpha value is -2.53. The lowest BCUT2D eigenvalue weighted by atomic mass is 9.87. The van der Waals surface area contributed by atoms with Gasteiger partial charge in [-0.1, -0.05) is 24.3 Å². The number of hydrogen-bond acceptors (Lipinski definition) is 3. The lowest BCUT2D eigenvalue weighted by Crippen LogP contribution is -3.19. The first-order valence-corrected chi connectivity index (χ1v) is 10.4. The summed E-state index contributed by atoms with van der Waals surface area (Å²) >= 11 is 0. The molecule has 0 unspecified atom stereocenters. The van der Waals surface area contributed by atoms with Crippen molar-refractivity contribution in [2.45, 2.75) is 38.3 Å². The molecule has 1 saturated heterocycles. The predicted octanol–water partition coefficient (Wildman–Crippen LogP) is 1.68. The normalized spacial score (nSPS) is 21.0. The first-order valence-electron chi connectivity index (χ1n) is 10.4. The molecule has 0 radical (unpaired) electrons. The minimum atomic E-state index is -0.0453. The van der Waals surface area contributed by atoms with Gasteiger partial charge in [0.25, 0.3) is 5.91 Å². The van der Waals surface area contributed by atoms with Crippen molar-refractivity contribution in [2.75, 3.05) is 31.1 Å². The molecule has 1 amide bonds. The highest BCUT2D eigenvalue weighted by Crippen LogP contribution is 2.29. The third-order valence-electron chi connectivity index (χ3n) is 6.31. The van der Waals surface area contributed by atoms with E-state index in [4.69, 9.17) is 0 Å². The molecule has 4 rings (SSSR count). The van der Waals surface area contributed by atoms with Crippen molar-refractivity contribution in [3.05, 3.63) is 59.7 Å². The number of aryl methyl sites for hydroxylation is 1. The summed E-state index contributed by atoms with van der Waals surface area (Å²) in [5.41, 5.74) is 3.80. The minimum Gasteiger partial charge on any atom is -0.508 e. The molecule has 148 valence electrons. The molecule has 0 spiro atoms. The third-order valence-corrected chi connectivity index (χ3v) is 6.31. The van der Waals surface area contributed by atoms with E-state index < -0.39 is 0 Å². The van der Waals surface area contributed by atoms with Gasteiger partial charge in [0.1, 0.15) is 5.75 Å². The molecule has 1 fully saturated rings. The van der Waals surface area contributed by atoms with E-state index in [1.807, 2.05) is 12.1 Å². The zero-order chi connectivity index (χ0) is 19.5. The standard InChI is InChI=1S/C23H29N3O2/c1-17(23(28)24-22-8-4-6-18-5-2-3-7-21(18)22)25-13-15-26(16-14-25)19-9-11-20(27)12-10-19/h2-3,5,7,9-12,17,22,27H,4,6,8,13-16H2,1H3,(H,24,28)/p+1/t17-,22-/m0/s1. The molecule has 2 aliphatic rings. The summed E-state index contributed by atoms with van der Waals surface area (Å²) in [5.74, 6) is 0.456. The van der Waals surface area contributed by atoms with Crippen LogP contribution >= 0.6 is 0 Å². The van der Waals surface area contributed by atoms with Gasteiger partial charge in [-0.05, 0) is 61.6 Å². The van der Waals surface area contributed by atoms with Crippen LogP contribution in [0, 0.1) is 0 Å². The minimum absolute atomic E-state index is 0.0453. The Morgan fingerprint density at radius 3 is 2.61 bits per heavy atom. The zero-order valence-electron chi connectivity index (χ0n) is 16.5. The number of fused-ring (bicyclic) bond motifs is 1. The first kappa shape index (κ1) is 18.8. The number of aromatic hydroxyl groups is 1. The van der Waals surface area contributed by atoms with Gasteiger partial charge in [-0.3, -0.25) is 4.79 Å². The molecule has 3 N–H and O–H groups in total. The smallest absolute Gasteiger partial charge is 0.278 e. The second-order valence-electron chi connectivity index (χ2n) is 8.04. The Kier molecular flexibility index (Phi) is 5.53. The molecule has 2 aromatic rings. The Bertz CT molecular complexity index is 813. The van der Waals surface area contributed by atoms with E-state index in [-0.39, 0.29) is 18.0 Å². The van der Waals surface area contributed by atoms with Gasteiger partial charge in [-0.25, -0.2) is 0 Å². The molecule has 0 saturated carbocycles. The fourth-order valence-corrected chi connectivity index (χ4v) is 4.53. The fourth-order valence-electron chi connectivity index (χ4n) is 4.53. The third kappa shape index (κ3) is 3.99. The molecule has 2 aromatic carbocycles. The highest BCUT2D eigenvalue weighted by molar-refractivity contribution is 5.80. The van der Waals surface area contributed by atoms with Crippen molar-refractivity contribution < 1.29 is 14.8 Å². The number of phenols is 1. The Morgan fingerprint density at radius 1 is 1.14 bits per heavy atom. The van der Waals surface area contributed by atoms with Crippen molar-refractivity contribution >= 4 is 11.6 Å². The summed E-state index contributed by atoms with van der Waals surface area (Å²) in [6.45, 7) is 5.77. The van der Waals surface area contributed by atoms with Crippen LogP contribution in [0.2, 0.25) is 0 Å². The Labute approximate surface area is 167 Å². The van der Waals surface area contributed by atoms with Crippen LogP contribution in [0.25, 0.3) is 0 Å². The highest BCUT2D eigenvalue weighted by Gasteiger charge is 2.31. The number of benzene rings is 2. The second-order valence-corrected chi connectivity index (χ2v) is 8.04. The van der Waals surface area contributed by atoms with Gasteiger partial charge in [0, 0.05) is 5.69 Å². The van der Waals surface area contributed by atoms with Crippen LogP contribution in [0.1, 0.15) is 36.9 Å². The maximum absolute atomic E-state index is 12.9. The summed E-state index contributed by atoms with van der Waals surface area (Å²) in [5, 5.41) is 12.8. The van der Waals surface area contributed by atoms with E-state index in [1.54, 1.807) is 12.1 Å². The molecule has 0 aromatic heterocycles. The number of carbonyl (C=O) groups is 1. The monoisotopic (exact) mass is 380 g/mol. The van der Waals surface area contributed by atoms with Crippen molar-refractivity contribution in [3.8, 4) is 5.75 Å². The highest BCUT2D eigenvalue weighted by atomic mass is 16.3. The molecule has 5 nitrogen and oxygen atoms in total. The Morgan fingerprint density at radius 2 is 1.86 bits per heavy atom. The first-order chi connectivity index (χ1) is 13.6. The van der Waals surface area contributed by atoms with Crippen molar-refractivity contribution in [1.29, 1.82) is 0 Å². The van der Waals surface area contributed by atoms with Crippen LogP contribution in [0.4, 0.5) is 5.69 Å². The number of quaternary nitrogens is 1. The van der Waals surface area contributed by atoms with Gasteiger partial charge in [-0.2, -0.15) is 0 Å². The molecule has 28 heavy (non-hydrogen) atoms. The van der Waals surface area contributed by atoms with Crippen LogP contribution in [-0.4, -0.2) is 43.2 Å². The van der Waals surface area contributed by atoms with Crippen LogP contribution in [-0.2, 0) is 11.2 Å². The van der Waals surface area contributed by atoms with Gasteiger partial charge in [-0.15, -0.1) is 0 Å². The van der Waals surface area contributed by atoms with Crippen LogP contribution < -0.4 is 15.1 Å². The lowest BCUT2D eigenvalue weighted by molar-refractivity contribution is -0.914. The largest absolute Gasteiger partial charge is 0.508 e. The van der Waals surface area contributed by atoms with E-state index in [2.05, 4.69) is 41.4 Å². The quantitative estimate of drug-likeness (QED) is 0.757. The number of anilines is 1. The lowest BCUT2D eigenvalue weighted by Gasteiger charge is -2.36. The molecule has 1 heterocycles. The predicted molar refractivity (Wildman–Crippen MR) is 111 cm³/mol. The zero-order valence-corrected chi connectivity index (χ0v) is 16.5. The van der Waals surface area contributed by atoms with Gasteiger partial charge in [0.15, 0.2) is 6.04 Å². The summed E-state index contributed by atoms with van der Waals surface area (Å²) < 4.78 is 0. The van der Waals surface area contributed by atoms with E-state index in [0.29, 0.717) is 5.75 Å². The second kappa shape index (κ2) is 8.23. The molecule has 0 bridgehead atoms. The summed E-state index contributed by atoms with van der Waals surface area (Å²) in [6.07, 6.45) is 3.27. The van der Waals surface area contributed by atoms with Crippen LogP contribution in [0.3, 0.4) is 0 Å². The number of phenolic OH excluding ortho intramolecular Hbond substituents is 1. The van der Waals surface area contributed by atoms with Gasteiger partial charge in [0.2, 0.25) is 0 Å². The SMILES string of the molecule is C[C@@H](C(=O)N[C@H]1CCCc2ccccc21)[NH+]1CCN(c2ccc(O)cc2)CC1. The number of piperazine rings is 1. The summed E-state index contributed by atoms with van der Waals surface area (Å²) in [4.78, 5) is 16.6. The van der Waals surface area contributed by atoms with E-state index >= 15 is 0 Å². The van der Waals surface area contributed by atoms with Gasteiger partial charge in [0.05, 0.1) is 32.2 Å². The van der Waals surface area contributed by atoms with E-state index in [1.165, 1.54) is 16.0 Å². The van der Waals surface area contributed by atoms with Crippen LogP contribution in [0.15, 0.2) is 48.5 Å². The molecule has 5 heteroatoms. The molecule has 1 aliphatic carbocycles. The topological polar surface area (TPSA) is 57.0 Å². The number of nitrogens with zero attached hydrogens (tertiary/aromatic N) is 1. The average Bonchev–Trinajstić information content (AvgIpc) is 2.74. The Balaban J connectivity index is 1.33. The number of rotatable bonds is 4. The summed E-state index contributed by atoms with van der Waals surface area (Å²) in [6, 6.07) is 16.0. The maximum Gasteiger partial charge on any atom is 0.278 e. The number of hydrogen-bond donors (Lipinski definition) is 3. The molecule has 1 aliphatic heterocycles. The fraction of sp³-hybridized carbons (Fsp3) is 0.435. The van der Waals surface area contributed by atoms with Gasteiger partial charge >= 0.3 is 0 Å². The maximum atomic E-state index is 12.9.